The van der Waals surface area contributed by atoms with E-state index in [1.165, 1.54) is 18.2 Å². The van der Waals surface area contributed by atoms with Crippen molar-refractivity contribution < 1.29 is 22.7 Å². The summed E-state index contributed by atoms with van der Waals surface area (Å²) in [7, 11) is 0.799. The van der Waals surface area contributed by atoms with Crippen LogP contribution < -0.4 is 16.2 Å². The molecule has 0 amide bonds. The third-order valence-electron chi connectivity index (χ3n) is 3.19. The summed E-state index contributed by atoms with van der Waals surface area (Å²) in [6, 6.07) is 9.10. The monoisotopic (exact) mass is 312 g/mol. The molecule has 1 aromatic rings. The van der Waals surface area contributed by atoms with Gasteiger partial charge in [0.2, 0.25) is 0 Å². The number of esters is 1. The molecule has 0 aromatic heterocycles. The number of anilines is 1. The van der Waals surface area contributed by atoms with E-state index in [1.807, 2.05) is 5.43 Å². The number of halogens is 3. The lowest BCUT2D eigenvalue weighted by atomic mass is 9.91. The summed E-state index contributed by atoms with van der Waals surface area (Å²) in [6.07, 6.45) is -5.13. The molecule has 0 radical (unpaired) electrons. The van der Waals surface area contributed by atoms with Crippen molar-refractivity contribution in [2.24, 2.45) is 5.73 Å². The molecule has 116 valence electrons. The molecule has 0 saturated carbocycles. The van der Waals surface area contributed by atoms with E-state index >= 15 is 0 Å². The maximum atomic E-state index is 13.5. The molecule has 0 saturated heterocycles. The van der Waals surface area contributed by atoms with Crippen molar-refractivity contribution in [3.8, 4) is 6.07 Å². The number of nitrogens with two attached hydrogens (primary N) is 1. The highest BCUT2D eigenvalue weighted by atomic mass is 19.4. The van der Waals surface area contributed by atoms with Crippen LogP contribution in [0.1, 0.15) is 0 Å². The number of alkyl halides is 3. The molecule has 2 rings (SSSR count). The van der Waals surface area contributed by atoms with E-state index in [2.05, 4.69) is 4.74 Å². The van der Waals surface area contributed by atoms with Gasteiger partial charge in [-0.3, -0.25) is 5.01 Å². The van der Waals surface area contributed by atoms with Crippen LogP contribution in [0, 0.1) is 11.3 Å². The van der Waals surface area contributed by atoms with Crippen molar-refractivity contribution in [1.29, 1.82) is 5.26 Å². The summed E-state index contributed by atoms with van der Waals surface area (Å²) in [5.41, 5.74) is 3.56. The minimum Gasteiger partial charge on any atom is -0.467 e. The highest BCUT2D eigenvalue weighted by Crippen LogP contribution is 2.42. The Morgan fingerprint density at radius 1 is 1.41 bits per heavy atom. The Kier molecular flexibility index (Phi) is 3.72. The van der Waals surface area contributed by atoms with Gasteiger partial charge in [0, 0.05) is 0 Å². The van der Waals surface area contributed by atoms with E-state index < -0.39 is 29.1 Å². The second-order valence-corrected chi connectivity index (χ2v) is 4.39. The first-order valence-corrected chi connectivity index (χ1v) is 5.98. The number of carbonyl (C=O) groups excluding carboxylic acids is 1. The topological polar surface area (TPSA) is 91.4 Å². The first-order chi connectivity index (χ1) is 10.3. The van der Waals surface area contributed by atoms with Gasteiger partial charge in [-0.1, -0.05) is 18.2 Å². The lowest BCUT2D eigenvalue weighted by Gasteiger charge is -2.31. The molecule has 0 aliphatic carbocycles. The maximum absolute atomic E-state index is 13.5. The van der Waals surface area contributed by atoms with Gasteiger partial charge in [0.05, 0.1) is 12.8 Å². The number of hydrazine groups is 1. The van der Waals surface area contributed by atoms with Crippen LogP contribution in [0.15, 0.2) is 41.7 Å². The van der Waals surface area contributed by atoms with Crippen molar-refractivity contribution in [3.05, 3.63) is 41.7 Å². The number of hydrogen-bond acceptors (Lipinski definition) is 6. The van der Waals surface area contributed by atoms with Gasteiger partial charge >= 0.3 is 12.1 Å². The van der Waals surface area contributed by atoms with Crippen LogP contribution in [-0.4, -0.2) is 24.8 Å². The van der Waals surface area contributed by atoms with Crippen LogP contribution in [0.2, 0.25) is 0 Å². The summed E-state index contributed by atoms with van der Waals surface area (Å²) in [6.45, 7) is 0. The lowest BCUT2D eigenvalue weighted by molar-refractivity contribution is -0.200. The predicted octanol–water partition coefficient (Wildman–Crippen LogP) is 1.18. The van der Waals surface area contributed by atoms with Crippen molar-refractivity contribution in [2.45, 2.75) is 11.7 Å². The standard InChI is InChI=1S/C13H11F3N4O2/c1-22-11(21)12(13(14,15)16)9(7-17)10(18)20(19-12)8-5-3-2-4-6-8/h2-6,19H,18H2,1H3/t12-/m1/s1. The van der Waals surface area contributed by atoms with Gasteiger partial charge in [-0.15, -0.1) is 0 Å². The van der Waals surface area contributed by atoms with Crippen LogP contribution in [0.3, 0.4) is 0 Å². The number of nitrogens with zero attached hydrogens (tertiary/aromatic N) is 2. The van der Waals surface area contributed by atoms with E-state index in [-0.39, 0.29) is 5.69 Å². The minimum atomic E-state index is -5.13. The molecule has 6 nitrogen and oxygen atoms in total. The first-order valence-electron chi connectivity index (χ1n) is 5.98. The smallest absolute Gasteiger partial charge is 0.424 e. The van der Waals surface area contributed by atoms with Gasteiger partial charge in [-0.25, -0.2) is 4.79 Å². The molecule has 0 unspecified atom stereocenters. The molecule has 0 bridgehead atoms. The predicted molar refractivity (Wildman–Crippen MR) is 69.7 cm³/mol. The number of benzene rings is 1. The first kappa shape index (κ1) is 15.7. The quantitative estimate of drug-likeness (QED) is 0.797. The van der Waals surface area contributed by atoms with Crippen LogP contribution in [0.5, 0.6) is 0 Å². The molecule has 0 fully saturated rings. The van der Waals surface area contributed by atoms with Gasteiger partial charge in [-0.05, 0) is 12.1 Å². The Hall–Kier alpha value is -2.73. The molecular formula is C13H11F3N4O2. The maximum Gasteiger partial charge on any atom is 0.424 e. The highest BCUT2D eigenvalue weighted by Gasteiger charge is 2.69. The van der Waals surface area contributed by atoms with Gasteiger partial charge in [-0.2, -0.15) is 23.9 Å². The Morgan fingerprint density at radius 2 is 2.00 bits per heavy atom. The number of ether oxygens (including phenoxy) is 1. The van der Waals surface area contributed by atoms with E-state index in [0.717, 1.165) is 12.1 Å². The largest absolute Gasteiger partial charge is 0.467 e. The number of carbonyl (C=O) groups is 1. The van der Waals surface area contributed by atoms with Crippen molar-refractivity contribution in [2.75, 3.05) is 12.1 Å². The summed E-state index contributed by atoms with van der Waals surface area (Å²) in [4.78, 5) is 11.8. The molecule has 1 aliphatic heterocycles. The average molecular weight is 312 g/mol. The fourth-order valence-electron chi connectivity index (χ4n) is 2.13. The van der Waals surface area contributed by atoms with Gasteiger partial charge < -0.3 is 10.5 Å². The third kappa shape index (κ3) is 2.05. The molecule has 1 aromatic carbocycles. The van der Waals surface area contributed by atoms with Crippen LogP contribution >= 0.6 is 0 Å². The van der Waals surface area contributed by atoms with Crippen LogP contribution in [-0.2, 0) is 9.53 Å². The number of methoxy groups -OCH3 is 1. The van der Waals surface area contributed by atoms with Crippen LogP contribution in [0.4, 0.5) is 18.9 Å². The van der Waals surface area contributed by atoms with E-state index in [9.17, 15) is 18.0 Å². The van der Waals surface area contributed by atoms with E-state index in [4.69, 9.17) is 11.0 Å². The lowest BCUT2D eigenvalue weighted by Crippen LogP contribution is -2.64. The van der Waals surface area contributed by atoms with Crippen molar-refractivity contribution >= 4 is 11.7 Å². The zero-order chi connectivity index (χ0) is 16.5. The zero-order valence-electron chi connectivity index (χ0n) is 11.3. The van der Waals surface area contributed by atoms with Gasteiger partial charge in [0.1, 0.15) is 17.5 Å². The fraction of sp³-hybridized carbons (Fsp3) is 0.231. The van der Waals surface area contributed by atoms with E-state index in [1.54, 1.807) is 18.2 Å². The summed E-state index contributed by atoms with van der Waals surface area (Å²) in [5, 5.41) is 9.92. The normalized spacial score (nSPS) is 21.7. The second-order valence-electron chi connectivity index (χ2n) is 4.39. The minimum absolute atomic E-state index is 0.239. The number of para-hydroxylation sites is 1. The molecule has 22 heavy (non-hydrogen) atoms. The van der Waals surface area contributed by atoms with Crippen molar-refractivity contribution in [3.63, 3.8) is 0 Å². The number of rotatable bonds is 2. The average Bonchev–Trinajstić information content (AvgIpc) is 2.80. The fourth-order valence-corrected chi connectivity index (χ4v) is 2.13. The Labute approximate surface area is 123 Å². The van der Waals surface area contributed by atoms with Gasteiger partial charge in [0.15, 0.2) is 0 Å². The molecule has 0 spiro atoms. The highest BCUT2D eigenvalue weighted by molar-refractivity contribution is 5.90. The summed E-state index contributed by atoms with van der Waals surface area (Å²) < 4.78 is 44.8. The summed E-state index contributed by atoms with van der Waals surface area (Å²) >= 11 is 0. The molecule has 9 heteroatoms. The zero-order valence-corrected chi connectivity index (χ0v) is 11.3. The third-order valence-corrected chi connectivity index (χ3v) is 3.19. The number of nitriles is 1. The van der Waals surface area contributed by atoms with E-state index in [0.29, 0.717) is 0 Å². The Bertz CT molecular complexity index is 666. The van der Waals surface area contributed by atoms with Crippen molar-refractivity contribution in [1.82, 2.24) is 5.43 Å². The Balaban J connectivity index is 2.64. The molecule has 3 N–H and O–H groups in total. The van der Waals surface area contributed by atoms with Gasteiger partial charge in [0.25, 0.3) is 5.54 Å². The SMILES string of the molecule is COC(=O)[C@]1(C(F)(F)F)NN(c2ccccc2)C(N)=C1C#N. The van der Waals surface area contributed by atoms with Crippen LogP contribution in [0.25, 0.3) is 0 Å². The molecular weight excluding hydrogens is 301 g/mol. The Morgan fingerprint density at radius 3 is 2.45 bits per heavy atom. The molecule has 1 aliphatic rings. The summed E-state index contributed by atoms with van der Waals surface area (Å²) in [5.74, 6) is -2.19. The number of hydrogen-bond donors (Lipinski definition) is 2. The number of nitrogens with one attached hydrogen (secondary N) is 1. The molecule has 1 heterocycles. The second kappa shape index (κ2) is 5.23. The molecule has 1 atom stereocenters.